The molecule has 3 saturated heterocycles. The highest BCUT2D eigenvalue weighted by atomic mass is 16.6. The molecule has 1 aromatic carbocycles. The summed E-state index contributed by atoms with van der Waals surface area (Å²) in [5, 5.41) is 10.5. The Morgan fingerprint density at radius 1 is 1.19 bits per heavy atom. The minimum Gasteiger partial charge on any atom is -0.493 e. The van der Waals surface area contributed by atoms with Gasteiger partial charge in [-0.25, -0.2) is 0 Å². The first-order chi connectivity index (χ1) is 15.0. The zero-order chi connectivity index (χ0) is 21.9. The number of carbonyl (C=O) groups is 1. The van der Waals surface area contributed by atoms with Gasteiger partial charge < -0.3 is 24.1 Å². The maximum absolute atomic E-state index is 12.5. The molecule has 7 atom stereocenters. The Bertz CT molecular complexity index is 918. The monoisotopic (exact) mass is 430 g/mol. The van der Waals surface area contributed by atoms with Crippen LogP contribution >= 0.6 is 0 Å². The highest BCUT2D eigenvalue weighted by Crippen LogP contribution is 2.50. The molecule has 5 rings (SSSR count). The summed E-state index contributed by atoms with van der Waals surface area (Å²) in [4.78, 5) is 20.0. The van der Waals surface area contributed by atoms with Crippen LogP contribution in [0.15, 0.2) is 17.1 Å². The van der Waals surface area contributed by atoms with E-state index in [0.29, 0.717) is 5.75 Å². The Kier molecular flexibility index (Phi) is 5.19. The fourth-order valence-corrected chi connectivity index (χ4v) is 6.17. The molecular formula is C23H30N2O6. The average Bonchev–Trinajstić information content (AvgIpc) is 3.14. The van der Waals surface area contributed by atoms with E-state index < -0.39 is 18.2 Å². The van der Waals surface area contributed by atoms with Crippen LogP contribution in [0.3, 0.4) is 0 Å². The van der Waals surface area contributed by atoms with Crippen molar-refractivity contribution in [1.29, 1.82) is 0 Å². The number of ether oxygens (including phenoxy) is 4. The number of esters is 1. The number of aliphatic hydroxyl groups excluding tert-OH is 1. The maximum Gasteiger partial charge on any atom is 0.314 e. The van der Waals surface area contributed by atoms with Crippen molar-refractivity contribution in [2.45, 2.75) is 44.1 Å². The van der Waals surface area contributed by atoms with Crippen LogP contribution < -0.4 is 9.47 Å². The number of aliphatic hydroxyl groups is 1. The number of aliphatic imine (C=N–C) groups is 1. The first-order valence-corrected chi connectivity index (χ1v) is 11.0. The van der Waals surface area contributed by atoms with E-state index in [1.165, 1.54) is 12.7 Å². The van der Waals surface area contributed by atoms with E-state index >= 15 is 0 Å². The number of fused-ring (bicyclic) bond motifs is 6. The molecular weight excluding hydrogens is 400 g/mol. The van der Waals surface area contributed by atoms with E-state index in [4.69, 9.17) is 23.9 Å². The van der Waals surface area contributed by atoms with Gasteiger partial charge in [0, 0.05) is 36.2 Å². The van der Waals surface area contributed by atoms with Crippen LogP contribution in [0.1, 0.15) is 31.2 Å². The summed E-state index contributed by atoms with van der Waals surface area (Å²) >= 11 is 0. The van der Waals surface area contributed by atoms with Gasteiger partial charge in [0.2, 0.25) is 0 Å². The third-order valence-electron chi connectivity index (χ3n) is 7.69. The predicted octanol–water partition coefficient (Wildman–Crippen LogP) is 2.11. The quantitative estimate of drug-likeness (QED) is 0.735. The van der Waals surface area contributed by atoms with Crippen molar-refractivity contribution in [3.8, 4) is 11.5 Å². The van der Waals surface area contributed by atoms with Crippen molar-refractivity contribution in [3.63, 3.8) is 0 Å². The summed E-state index contributed by atoms with van der Waals surface area (Å²) in [5.41, 5.74) is 3.26. The number of benzene rings is 1. The summed E-state index contributed by atoms with van der Waals surface area (Å²) in [6.07, 6.45) is 0.502. The van der Waals surface area contributed by atoms with Gasteiger partial charge in [-0.05, 0) is 43.9 Å². The lowest BCUT2D eigenvalue weighted by atomic mass is 9.67. The second kappa shape index (κ2) is 7.76. The smallest absolute Gasteiger partial charge is 0.314 e. The number of methoxy groups -OCH3 is 3. The fourth-order valence-electron chi connectivity index (χ4n) is 6.17. The van der Waals surface area contributed by atoms with E-state index in [1.54, 1.807) is 14.2 Å². The van der Waals surface area contributed by atoms with Gasteiger partial charge in [-0.3, -0.25) is 14.7 Å². The lowest BCUT2D eigenvalue weighted by Gasteiger charge is -2.53. The summed E-state index contributed by atoms with van der Waals surface area (Å²) < 4.78 is 21.7. The van der Waals surface area contributed by atoms with Crippen molar-refractivity contribution in [2.24, 2.45) is 22.7 Å². The molecule has 0 bridgehead atoms. The van der Waals surface area contributed by atoms with Gasteiger partial charge in [0.25, 0.3) is 0 Å². The largest absolute Gasteiger partial charge is 0.493 e. The first-order valence-electron chi connectivity index (χ1n) is 11.0. The van der Waals surface area contributed by atoms with Gasteiger partial charge in [-0.15, -0.1) is 0 Å². The molecule has 4 heterocycles. The van der Waals surface area contributed by atoms with E-state index in [9.17, 15) is 9.90 Å². The van der Waals surface area contributed by atoms with Crippen molar-refractivity contribution in [2.75, 3.05) is 34.4 Å². The minimum atomic E-state index is -1.13. The SMILES string of the molecule is COC(=O)[C@@H]1[C@H]2C[C@H]3C4=Nc5cc(OC)c(OC)cc5[C@@H]4CCN3C[C@H]2[C@H](C)O[C@@H]1O. The molecule has 1 N–H and O–H groups in total. The molecule has 31 heavy (non-hydrogen) atoms. The molecule has 4 aliphatic heterocycles. The van der Waals surface area contributed by atoms with Crippen molar-refractivity contribution < 1.29 is 28.8 Å². The van der Waals surface area contributed by atoms with E-state index in [-0.39, 0.29) is 29.9 Å². The minimum absolute atomic E-state index is 0.0123. The number of nitrogens with zero attached hydrogens (tertiary/aromatic N) is 2. The van der Waals surface area contributed by atoms with E-state index in [1.807, 2.05) is 19.1 Å². The Labute approximate surface area is 182 Å². The standard InChI is InChI=1S/C23H30N2O6/c1-11-15-10-25-6-5-12-13-8-18(28-2)19(29-3)9-16(13)24-21(12)17(25)7-14(15)20(22(26)30-4)23(27)31-11/h8-9,11-12,14-15,17,20,23,27H,5-7,10H2,1-4H3/t11-,12-,14-,15-,17-,20-,23-/m0/s1. The number of piperidine rings is 2. The van der Waals surface area contributed by atoms with E-state index in [2.05, 4.69) is 4.90 Å². The summed E-state index contributed by atoms with van der Waals surface area (Å²) in [5.74, 6) is 0.727. The van der Waals surface area contributed by atoms with Crippen LogP contribution in [0, 0.1) is 17.8 Å². The number of rotatable bonds is 3. The van der Waals surface area contributed by atoms with Crippen LogP contribution in [0.25, 0.3) is 0 Å². The normalized spacial score (nSPS) is 36.4. The summed E-state index contributed by atoms with van der Waals surface area (Å²) in [6, 6.07) is 4.13. The topological polar surface area (TPSA) is 89.8 Å². The molecule has 3 fully saturated rings. The highest BCUT2D eigenvalue weighted by Gasteiger charge is 2.54. The van der Waals surface area contributed by atoms with Crippen LogP contribution in [0.2, 0.25) is 0 Å². The van der Waals surface area contributed by atoms with Crippen LogP contribution in [-0.4, -0.2) is 74.5 Å². The maximum atomic E-state index is 12.5. The summed E-state index contributed by atoms with van der Waals surface area (Å²) in [6.45, 7) is 3.78. The van der Waals surface area contributed by atoms with Gasteiger partial charge in [-0.1, -0.05) is 0 Å². The molecule has 0 saturated carbocycles. The summed E-state index contributed by atoms with van der Waals surface area (Å²) in [7, 11) is 4.65. The van der Waals surface area contributed by atoms with Gasteiger partial charge >= 0.3 is 5.97 Å². The molecule has 0 radical (unpaired) electrons. The molecule has 0 aromatic heterocycles. The van der Waals surface area contributed by atoms with Crippen LogP contribution in [0.5, 0.6) is 11.5 Å². The van der Waals surface area contributed by atoms with Gasteiger partial charge in [0.15, 0.2) is 17.8 Å². The molecule has 8 nitrogen and oxygen atoms in total. The van der Waals surface area contributed by atoms with Crippen LogP contribution in [-0.2, 0) is 14.3 Å². The zero-order valence-corrected chi connectivity index (χ0v) is 18.4. The lowest BCUT2D eigenvalue weighted by Crippen LogP contribution is -2.62. The Morgan fingerprint density at radius 3 is 2.65 bits per heavy atom. The van der Waals surface area contributed by atoms with Gasteiger partial charge in [0.05, 0.1) is 33.1 Å². The van der Waals surface area contributed by atoms with Gasteiger partial charge in [0.1, 0.15) is 5.92 Å². The van der Waals surface area contributed by atoms with Gasteiger partial charge in [-0.2, -0.15) is 0 Å². The molecule has 0 spiro atoms. The zero-order valence-electron chi connectivity index (χ0n) is 18.4. The second-order valence-corrected chi connectivity index (χ2v) is 9.00. The van der Waals surface area contributed by atoms with Crippen LogP contribution in [0.4, 0.5) is 5.69 Å². The number of hydrogen-bond acceptors (Lipinski definition) is 8. The third kappa shape index (κ3) is 3.15. The molecule has 0 aliphatic carbocycles. The molecule has 4 aliphatic rings. The molecule has 0 unspecified atom stereocenters. The average molecular weight is 431 g/mol. The van der Waals surface area contributed by atoms with Crippen molar-refractivity contribution in [3.05, 3.63) is 17.7 Å². The Balaban J connectivity index is 1.48. The molecule has 0 amide bonds. The highest BCUT2D eigenvalue weighted by molar-refractivity contribution is 6.02. The van der Waals surface area contributed by atoms with Crippen molar-refractivity contribution in [1.82, 2.24) is 4.90 Å². The molecule has 168 valence electrons. The second-order valence-electron chi connectivity index (χ2n) is 9.00. The Hall–Kier alpha value is -2.16. The number of carbonyl (C=O) groups excluding carboxylic acids is 1. The van der Waals surface area contributed by atoms with Crippen molar-refractivity contribution >= 4 is 17.4 Å². The fraction of sp³-hybridized carbons (Fsp3) is 0.652. The Morgan fingerprint density at radius 2 is 1.94 bits per heavy atom. The third-order valence-corrected chi connectivity index (χ3v) is 7.69. The molecule has 8 heteroatoms. The van der Waals surface area contributed by atoms with E-state index in [0.717, 1.165) is 43.1 Å². The predicted molar refractivity (Wildman–Crippen MR) is 113 cm³/mol. The number of hydrogen-bond donors (Lipinski definition) is 1. The first kappa shape index (κ1) is 20.7. The molecule has 1 aromatic rings. The lowest BCUT2D eigenvalue weighted by molar-refractivity contribution is -0.243.